The van der Waals surface area contributed by atoms with Gasteiger partial charge in [-0.1, -0.05) is 23.8 Å². The second-order valence-electron chi connectivity index (χ2n) is 8.17. The van der Waals surface area contributed by atoms with Gasteiger partial charge in [0.15, 0.2) is 19.7 Å². The summed E-state index contributed by atoms with van der Waals surface area (Å²) in [6.45, 7) is 5.27. The van der Waals surface area contributed by atoms with Crippen molar-refractivity contribution in [2.24, 2.45) is 0 Å². The van der Waals surface area contributed by atoms with Crippen LogP contribution in [0.3, 0.4) is 0 Å². The van der Waals surface area contributed by atoms with Gasteiger partial charge in [0.25, 0.3) is 0 Å². The minimum atomic E-state index is -3.77. The molecule has 10 heteroatoms. The molecule has 0 radical (unpaired) electrons. The smallest absolute Gasteiger partial charge is 0.183 e. The lowest BCUT2D eigenvalue weighted by Crippen LogP contribution is -2.48. The van der Waals surface area contributed by atoms with E-state index in [0.29, 0.717) is 19.8 Å². The Bertz CT molecular complexity index is 1080. The Labute approximate surface area is 188 Å². The summed E-state index contributed by atoms with van der Waals surface area (Å²) in [5.41, 5.74) is 0.956. The van der Waals surface area contributed by atoms with Gasteiger partial charge in [0.2, 0.25) is 0 Å². The minimum Gasteiger partial charge on any atom is -0.379 e. The Hall–Kier alpha value is -1.30. The van der Waals surface area contributed by atoms with E-state index in [1.54, 1.807) is 35.6 Å². The fourth-order valence-electron chi connectivity index (χ4n) is 4.26. The van der Waals surface area contributed by atoms with Crippen molar-refractivity contribution in [2.75, 3.05) is 44.4 Å². The minimum absolute atomic E-state index is 0.0509. The van der Waals surface area contributed by atoms with Crippen LogP contribution in [0, 0.1) is 6.92 Å². The van der Waals surface area contributed by atoms with Gasteiger partial charge >= 0.3 is 0 Å². The molecule has 1 aromatic carbocycles. The van der Waals surface area contributed by atoms with Crippen molar-refractivity contribution in [1.82, 2.24) is 10.2 Å². The number of benzene rings is 1. The molecule has 4 rings (SSSR count). The number of aryl methyl sites for hydroxylation is 1. The average Bonchev–Trinajstić information content (AvgIpc) is 3.37. The van der Waals surface area contributed by atoms with Crippen LogP contribution in [0.2, 0.25) is 0 Å². The van der Waals surface area contributed by atoms with Gasteiger partial charge < -0.3 is 10.1 Å². The molecule has 0 bridgehead atoms. The lowest BCUT2D eigenvalue weighted by Gasteiger charge is -2.35. The predicted molar refractivity (Wildman–Crippen MR) is 122 cm³/mol. The van der Waals surface area contributed by atoms with Crippen LogP contribution in [-0.2, 0) is 24.4 Å². The molecule has 3 atom stereocenters. The van der Waals surface area contributed by atoms with Crippen molar-refractivity contribution in [1.29, 1.82) is 0 Å². The van der Waals surface area contributed by atoms with Crippen molar-refractivity contribution in [3.05, 3.63) is 52.2 Å². The molecule has 1 N–H and O–H groups in total. The number of thiophene rings is 1. The van der Waals surface area contributed by atoms with E-state index in [9.17, 15) is 16.8 Å². The maximum Gasteiger partial charge on any atom is 0.183 e. The summed E-state index contributed by atoms with van der Waals surface area (Å²) >= 11 is 1.65. The molecule has 3 heterocycles. The highest BCUT2D eigenvalue weighted by Gasteiger charge is 2.46. The molecule has 0 spiro atoms. The number of nitrogens with one attached hydrogen (secondary N) is 1. The summed E-state index contributed by atoms with van der Waals surface area (Å²) in [7, 11) is -7.22. The molecule has 2 saturated heterocycles. The molecule has 0 saturated carbocycles. The number of ether oxygens (including phenoxy) is 1. The van der Waals surface area contributed by atoms with Gasteiger partial charge in [0, 0.05) is 30.6 Å². The zero-order chi connectivity index (χ0) is 22.1. The molecule has 2 aliphatic heterocycles. The number of nitrogens with zero attached hydrogens (tertiary/aromatic N) is 1. The van der Waals surface area contributed by atoms with Crippen LogP contribution in [-0.4, -0.2) is 77.4 Å². The Kier molecular flexibility index (Phi) is 6.85. The van der Waals surface area contributed by atoms with Crippen molar-refractivity contribution < 1.29 is 21.6 Å². The molecule has 1 aromatic heterocycles. The molecule has 2 aliphatic rings. The van der Waals surface area contributed by atoms with E-state index in [-0.39, 0.29) is 22.4 Å². The molecule has 0 aliphatic carbocycles. The largest absolute Gasteiger partial charge is 0.379 e. The monoisotopic (exact) mass is 484 g/mol. The zero-order valence-electron chi connectivity index (χ0n) is 17.4. The summed E-state index contributed by atoms with van der Waals surface area (Å²) in [4.78, 5) is 3.66. The van der Waals surface area contributed by atoms with Gasteiger partial charge in [-0.2, -0.15) is 0 Å². The first kappa shape index (κ1) is 22.9. The van der Waals surface area contributed by atoms with Crippen LogP contribution >= 0.6 is 11.3 Å². The Balaban J connectivity index is 1.55. The third-order valence-electron chi connectivity index (χ3n) is 5.98. The highest BCUT2D eigenvalue weighted by Crippen LogP contribution is 2.29. The molecule has 170 valence electrons. The lowest BCUT2D eigenvalue weighted by molar-refractivity contribution is 0.0165. The van der Waals surface area contributed by atoms with Gasteiger partial charge in [-0.3, -0.25) is 4.90 Å². The fourth-order valence-corrected chi connectivity index (χ4v) is 9.83. The normalized spacial score (nSPS) is 25.5. The van der Waals surface area contributed by atoms with Crippen LogP contribution in [0.5, 0.6) is 0 Å². The number of hydrogen-bond acceptors (Lipinski definition) is 8. The summed E-state index contributed by atoms with van der Waals surface area (Å²) in [5.74, 6) is -0.509. The van der Waals surface area contributed by atoms with Crippen LogP contribution in [0.25, 0.3) is 0 Å². The molecule has 7 nitrogen and oxygen atoms in total. The van der Waals surface area contributed by atoms with Crippen molar-refractivity contribution in [3.8, 4) is 0 Å². The van der Waals surface area contributed by atoms with Crippen molar-refractivity contribution >= 4 is 31.0 Å². The van der Waals surface area contributed by atoms with Gasteiger partial charge in [0.1, 0.15) is 0 Å². The van der Waals surface area contributed by atoms with Gasteiger partial charge in [-0.25, -0.2) is 16.8 Å². The quantitative estimate of drug-likeness (QED) is 0.639. The maximum absolute atomic E-state index is 13.3. The van der Waals surface area contributed by atoms with E-state index in [1.807, 2.05) is 18.4 Å². The Morgan fingerprint density at radius 3 is 2.52 bits per heavy atom. The van der Waals surface area contributed by atoms with E-state index in [2.05, 4.69) is 16.3 Å². The summed E-state index contributed by atoms with van der Waals surface area (Å²) in [6.07, 6.45) is 0. The second kappa shape index (κ2) is 9.29. The van der Waals surface area contributed by atoms with Crippen LogP contribution in [0.1, 0.15) is 16.5 Å². The molecule has 2 fully saturated rings. The molecule has 31 heavy (non-hydrogen) atoms. The standard InChI is InChI=1S/C21H28N2O5S3/c1-16-4-6-17(7-5-16)31(26,27)21-15-30(24,25)14-18(21)22-13-19(20-3-2-12-29-20)23-8-10-28-11-9-23/h2-7,12,18-19,21-22H,8-11,13-15H2,1H3/t18-,19?,21-/m0/s1. The summed E-state index contributed by atoms with van der Waals surface area (Å²) in [5, 5.41) is 4.36. The lowest BCUT2D eigenvalue weighted by atomic mass is 10.1. The van der Waals surface area contributed by atoms with Gasteiger partial charge in [-0.05, 0) is 30.5 Å². The van der Waals surface area contributed by atoms with Crippen molar-refractivity contribution in [3.63, 3.8) is 0 Å². The Morgan fingerprint density at radius 2 is 1.87 bits per heavy atom. The average molecular weight is 485 g/mol. The van der Waals surface area contributed by atoms with E-state index in [1.165, 1.54) is 4.88 Å². The number of hydrogen-bond donors (Lipinski definition) is 1. The van der Waals surface area contributed by atoms with E-state index in [0.717, 1.165) is 18.7 Å². The van der Waals surface area contributed by atoms with Crippen molar-refractivity contribution in [2.45, 2.75) is 29.2 Å². The first-order valence-corrected chi connectivity index (χ1v) is 14.6. The molecule has 2 aromatic rings. The maximum atomic E-state index is 13.3. The van der Waals surface area contributed by atoms with Gasteiger partial charge in [-0.15, -0.1) is 11.3 Å². The number of rotatable bonds is 7. The fraction of sp³-hybridized carbons (Fsp3) is 0.524. The first-order valence-electron chi connectivity index (χ1n) is 10.4. The first-order chi connectivity index (χ1) is 14.8. The molecular weight excluding hydrogens is 456 g/mol. The third-order valence-corrected chi connectivity index (χ3v) is 11.1. The second-order valence-corrected chi connectivity index (χ2v) is 13.5. The molecular formula is C21H28N2O5S3. The molecule has 0 amide bonds. The topological polar surface area (TPSA) is 92.8 Å². The third kappa shape index (κ3) is 5.20. The zero-order valence-corrected chi connectivity index (χ0v) is 19.9. The van der Waals surface area contributed by atoms with Crippen LogP contribution in [0.4, 0.5) is 0 Å². The summed E-state index contributed by atoms with van der Waals surface area (Å²) in [6, 6.07) is 10.1. The van der Waals surface area contributed by atoms with E-state index < -0.39 is 31.0 Å². The Morgan fingerprint density at radius 1 is 1.16 bits per heavy atom. The van der Waals surface area contributed by atoms with Crippen LogP contribution in [0.15, 0.2) is 46.7 Å². The predicted octanol–water partition coefficient (Wildman–Crippen LogP) is 1.66. The highest BCUT2D eigenvalue weighted by molar-refractivity contribution is 7.96. The van der Waals surface area contributed by atoms with Gasteiger partial charge in [0.05, 0.1) is 40.9 Å². The van der Waals surface area contributed by atoms with E-state index >= 15 is 0 Å². The van der Waals surface area contributed by atoms with Crippen LogP contribution < -0.4 is 5.32 Å². The number of sulfone groups is 2. The van der Waals surface area contributed by atoms with E-state index in [4.69, 9.17) is 4.74 Å². The SMILES string of the molecule is Cc1ccc(S(=O)(=O)[C@H]2CS(=O)(=O)C[C@@H]2NCC(c2cccs2)N2CCOCC2)cc1. The molecule has 1 unspecified atom stereocenters. The number of morpholine rings is 1. The summed E-state index contributed by atoms with van der Waals surface area (Å²) < 4.78 is 56.9. The highest BCUT2D eigenvalue weighted by atomic mass is 32.2.